The van der Waals surface area contributed by atoms with Gasteiger partial charge < -0.3 is 25.2 Å². The van der Waals surface area contributed by atoms with Gasteiger partial charge in [0.05, 0.1) is 5.60 Å². The number of hydrogen-bond donors (Lipinski definition) is 3. The van der Waals surface area contributed by atoms with Crippen LogP contribution in [0.15, 0.2) is 24.3 Å². The van der Waals surface area contributed by atoms with E-state index in [1.807, 2.05) is 34.0 Å². The van der Waals surface area contributed by atoms with Gasteiger partial charge in [0.25, 0.3) is 0 Å². The fraction of sp³-hybridized carbons (Fsp3) is 0.667. The van der Waals surface area contributed by atoms with Gasteiger partial charge in [-0.1, -0.05) is 38.8 Å². The fourth-order valence-electron chi connectivity index (χ4n) is 4.64. The highest BCUT2D eigenvalue weighted by Gasteiger charge is 2.40. The van der Waals surface area contributed by atoms with E-state index in [2.05, 4.69) is 10.2 Å². The molecule has 1 saturated carbocycles. The SMILES string of the molecule is CC(C)CC(CNC(=O)Oc1cccc([C@@]2(O)CCCC[C@@H]2CN(C)C)c1)CC(=O)O. The summed E-state index contributed by atoms with van der Waals surface area (Å²) in [5.74, 6) is -0.192. The zero-order chi connectivity index (χ0) is 23.0. The van der Waals surface area contributed by atoms with Crippen LogP contribution in [0.4, 0.5) is 4.79 Å². The Hall–Kier alpha value is -2.12. The van der Waals surface area contributed by atoms with Gasteiger partial charge in [0.1, 0.15) is 5.75 Å². The lowest BCUT2D eigenvalue weighted by Crippen LogP contribution is -2.43. The summed E-state index contributed by atoms with van der Waals surface area (Å²) in [7, 11) is 4.02. The summed E-state index contributed by atoms with van der Waals surface area (Å²) in [4.78, 5) is 25.5. The molecule has 0 spiro atoms. The van der Waals surface area contributed by atoms with Crippen molar-refractivity contribution in [1.82, 2.24) is 10.2 Å². The molecule has 31 heavy (non-hydrogen) atoms. The molecule has 7 heteroatoms. The van der Waals surface area contributed by atoms with Crippen molar-refractivity contribution in [3.8, 4) is 5.75 Å². The molecule has 0 radical (unpaired) electrons. The van der Waals surface area contributed by atoms with E-state index in [9.17, 15) is 14.7 Å². The molecule has 174 valence electrons. The number of carboxylic acid groups (broad SMARTS) is 1. The van der Waals surface area contributed by atoms with E-state index in [0.717, 1.165) is 31.4 Å². The van der Waals surface area contributed by atoms with Gasteiger partial charge in [-0.05, 0) is 62.9 Å². The first kappa shape index (κ1) is 25.1. The zero-order valence-electron chi connectivity index (χ0n) is 19.3. The highest BCUT2D eigenvalue weighted by molar-refractivity contribution is 5.71. The largest absolute Gasteiger partial charge is 0.481 e. The van der Waals surface area contributed by atoms with Crippen LogP contribution in [0.5, 0.6) is 5.75 Å². The Bertz CT molecular complexity index is 736. The highest BCUT2D eigenvalue weighted by atomic mass is 16.6. The normalized spacial score (nSPS) is 22.4. The summed E-state index contributed by atoms with van der Waals surface area (Å²) in [6.45, 7) is 5.09. The molecule has 1 amide bonds. The number of aliphatic hydroxyl groups is 1. The van der Waals surface area contributed by atoms with Crippen molar-refractivity contribution in [2.45, 2.75) is 58.0 Å². The van der Waals surface area contributed by atoms with Gasteiger partial charge in [-0.2, -0.15) is 0 Å². The van der Waals surface area contributed by atoms with Crippen LogP contribution in [-0.2, 0) is 10.4 Å². The number of ether oxygens (including phenoxy) is 1. The Balaban J connectivity index is 2.04. The Kier molecular flexibility index (Phi) is 9.32. The van der Waals surface area contributed by atoms with E-state index in [-0.39, 0.29) is 24.8 Å². The van der Waals surface area contributed by atoms with Crippen LogP contribution in [0.3, 0.4) is 0 Å². The van der Waals surface area contributed by atoms with Gasteiger partial charge in [0.15, 0.2) is 0 Å². The molecule has 3 atom stereocenters. The number of carbonyl (C=O) groups is 2. The van der Waals surface area contributed by atoms with Crippen molar-refractivity contribution >= 4 is 12.1 Å². The summed E-state index contributed by atoms with van der Waals surface area (Å²) >= 11 is 0. The van der Waals surface area contributed by atoms with Crippen molar-refractivity contribution in [1.29, 1.82) is 0 Å². The molecule has 0 aromatic heterocycles. The van der Waals surface area contributed by atoms with E-state index in [1.54, 1.807) is 18.2 Å². The first-order chi connectivity index (χ1) is 14.6. The zero-order valence-corrected chi connectivity index (χ0v) is 19.3. The summed E-state index contributed by atoms with van der Waals surface area (Å²) in [5.41, 5.74) is -0.171. The first-order valence-corrected chi connectivity index (χ1v) is 11.2. The second-order valence-electron chi connectivity index (χ2n) is 9.52. The van der Waals surface area contributed by atoms with E-state index >= 15 is 0 Å². The molecule has 1 fully saturated rings. The molecule has 1 unspecified atom stereocenters. The monoisotopic (exact) mass is 434 g/mol. The lowest BCUT2D eigenvalue weighted by Gasteiger charge is -2.41. The number of hydrogen-bond acceptors (Lipinski definition) is 5. The maximum Gasteiger partial charge on any atom is 0.412 e. The number of amides is 1. The van der Waals surface area contributed by atoms with E-state index in [4.69, 9.17) is 9.84 Å². The number of benzene rings is 1. The standard InChI is InChI=1S/C24H38N2O5/c1-17(2)12-18(13-22(27)28)15-25-23(29)31-21-10-7-9-19(14-21)24(30)11-6-5-8-20(24)16-26(3)4/h7,9-10,14,17-18,20,30H,5-6,8,11-13,15-16H2,1-4H3,(H,25,29)(H,27,28)/t18?,20-,24+/m1/s1. The molecule has 2 rings (SSSR count). The van der Waals surface area contributed by atoms with Gasteiger partial charge in [0.2, 0.25) is 0 Å². The maximum absolute atomic E-state index is 12.3. The third-order valence-corrected chi connectivity index (χ3v) is 5.97. The fourth-order valence-corrected chi connectivity index (χ4v) is 4.64. The maximum atomic E-state index is 12.3. The third kappa shape index (κ3) is 7.82. The number of rotatable bonds is 10. The van der Waals surface area contributed by atoms with Gasteiger partial charge >= 0.3 is 12.1 Å². The van der Waals surface area contributed by atoms with Crippen LogP contribution >= 0.6 is 0 Å². The summed E-state index contributed by atoms with van der Waals surface area (Å²) in [6, 6.07) is 7.13. The second-order valence-corrected chi connectivity index (χ2v) is 9.52. The summed E-state index contributed by atoms with van der Waals surface area (Å²) in [5, 5.41) is 23.3. The van der Waals surface area contributed by atoms with Crippen LogP contribution in [-0.4, -0.2) is 54.4 Å². The molecule has 0 bridgehead atoms. The number of nitrogens with zero attached hydrogens (tertiary/aromatic N) is 1. The van der Waals surface area contributed by atoms with Crippen LogP contribution in [0.1, 0.15) is 57.9 Å². The van der Waals surface area contributed by atoms with Crippen molar-refractivity contribution < 1.29 is 24.5 Å². The highest BCUT2D eigenvalue weighted by Crippen LogP contribution is 2.42. The van der Waals surface area contributed by atoms with Gasteiger partial charge in [-0.3, -0.25) is 4.79 Å². The van der Waals surface area contributed by atoms with E-state index in [1.165, 1.54) is 0 Å². The number of carbonyl (C=O) groups excluding carboxylic acids is 1. The summed E-state index contributed by atoms with van der Waals surface area (Å²) < 4.78 is 5.45. The Morgan fingerprint density at radius 2 is 2.03 bits per heavy atom. The Labute approximate surface area is 185 Å². The molecule has 1 aromatic carbocycles. The molecule has 0 heterocycles. The lowest BCUT2D eigenvalue weighted by atomic mass is 9.71. The van der Waals surface area contributed by atoms with E-state index < -0.39 is 17.7 Å². The number of carboxylic acids is 1. The Morgan fingerprint density at radius 1 is 1.29 bits per heavy atom. The van der Waals surface area contributed by atoms with Crippen molar-refractivity contribution in [2.75, 3.05) is 27.2 Å². The van der Waals surface area contributed by atoms with Crippen LogP contribution in [0, 0.1) is 17.8 Å². The van der Waals surface area contributed by atoms with E-state index in [0.29, 0.717) is 24.5 Å². The number of nitrogens with one attached hydrogen (secondary N) is 1. The molecule has 0 saturated heterocycles. The molecule has 0 aliphatic heterocycles. The van der Waals surface area contributed by atoms with Gasteiger partial charge in [-0.25, -0.2) is 4.79 Å². The first-order valence-electron chi connectivity index (χ1n) is 11.2. The predicted octanol–water partition coefficient (Wildman–Crippen LogP) is 3.85. The second kappa shape index (κ2) is 11.5. The molecule has 1 aliphatic rings. The topological polar surface area (TPSA) is 99.1 Å². The third-order valence-electron chi connectivity index (χ3n) is 5.97. The quantitative estimate of drug-likeness (QED) is 0.517. The van der Waals surface area contributed by atoms with Crippen molar-refractivity contribution in [3.63, 3.8) is 0 Å². The van der Waals surface area contributed by atoms with Crippen molar-refractivity contribution in [3.05, 3.63) is 29.8 Å². The molecule has 7 nitrogen and oxygen atoms in total. The van der Waals surface area contributed by atoms with Gasteiger partial charge in [-0.15, -0.1) is 0 Å². The minimum Gasteiger partial charge on any atom is -0.481 e. The van der Waals surface area contributed by atoms with Crippen LogP contribution in [0.25, 0.3) is 0 Å². The molecule has 1 aromatic rings. The van der Waals surface area contributed by atoms with Gasteiger partial charge in [0, 0.05) is 25.4 Å². The molecule has 1 aliphatic carbocycles. The minimum atomic E-state index is -0.942. The average molecular weight is 435 g/mol. The summed E-state index contributed by atoms with van der Waals surface area (Å²) in [6.07, 6.45) is 3.82. The number of aliphatic carboxylic acids is 1. The average Bonchev–Trinajstić information content (AvgIpc) is 2.67. The minimum absolute atomic E-state index is 0.00818. The van der Waals surface area contributed by atoms with Crippen LogP contribution < -0.4 is 10.1 Å². The van der Waals surface area contributed by atoms with Crippen molar-refractivity contribution in [2.24, 2.45) is 17.8 Å². The molecular formula is C24H38N2O5. The molecular weight excluding hydrogens is 396 g/mol. The smallest absolute Gasteiger partial charge is 0.412 e. The predicted molar refractivity (Wildman–Crippen MR) is 120 cm³/mol. The van der Waals surface area contributed by atoms with Crippen LogP contribution in [0.2, 0.25) is 0 Å². The molecule has 3 N–H and O–H groups in total. The Morgan fingerprint density at radius 3 is 2.68 bits per heavy atom. The lowest BCUT2D eigenvalue weighted by molar-refractivity contribution is -0.138.